The molecule has 0 spiro atoms. The van der Waals surface area contributed by atoms with E-state index in [0.717, 1.165) is 37.4 Å². The maximum absolute atomic E-state index is 10.1. The molecule has 4 heteroatoms. The van der Waals surface area contributed by atoms with Gasteiger partial charge in [0.25, 0.3) is 0 Å². The summed E-state index contributed by atoms with van der Waals surface area (Å²) >= 11 is 0. The van der Waals surface area contributed by atoms with Crippen molar-refractivity contribution in [2.24, 2.45) is 5.92 Å². The number of nitrogens with zero attached hydrogens (tertiary/aromatic N) is 3. The van der Waals surface area contributed by atoms with Gasteiger partial charge >= 0.3 is 0 Å². The summed E-state index contributed by atoms with van der Waals surface area (Å²) in [5.74, 6) is 1.33. The molecule has 2 rings (SSSR count). The van der Waals surface area contributed by atoms with Crippen molar-refractivity contribution < 1.29 is 5.11 Å². The van der Waals surface area contributed by atoms with Gasteiger partial charge in [-0.05, 0) is 44.7 Å². The van der Waals surface area contributed by atoms with Crippen molar-refractivity contribution in [3.63, 3.8) is 0 Å². The van der Waals surface area contributed by atoms with E-state index < -0.39 is 5.60 Å². The zero-order chi connectivity index (χ0) is 15.0. The van der Waals surface area contributed by atoms with Crippen molar-refractivity contribution in [1.29, 1.82) is 0 Å². The van der Waals surface area contributed by atoms with Gasteiger partial charge in [-0.2, -0.15) is 5.10 Å². The fourth-order valence-corrected chi connectivity index (χ4v) is 2.71. The van der Waals surface area contributed by atoms with E-state index in [9.17, 15) is 5.11 Å². The third kappa shape index (κ3) is 3.48. The van der Waals surface area contributed by atoms with E-state index in [4.69, 9.17) is 0 Å². The van der Waals surface area contributed by atoms with E-state index in [0.29, 0.717) is 5.92 Å². The molecule has 0 unspecified atom stereocenters. The molecule has 20 heavy (non-hydrogen) atoms. The predicted molar refractivity (Wildman–Crippen MR) is 82.0 cm³/mol. The van der Waals surface area contributed by atoms with Gasteiger partial charge < -0.3 is 10.0 Å². The molecule has 1 N–H and O–H groups in total. The summed E-state index contributed by atoms with van der Waals surface area (Å²) in [6.45, 7) is 12.1. The topological polar surface area (TPSA) is 49.2 Å². The Kier molecular flexibility index (Phi) is 4.05. The summed E-state index contributed by atoms with van der Waals surface area (Å²) < 4.78 is 0. The second kappa shape index (κ2) is 5.32. The zero-order valence-electron chi connectivity index (χ0n) is 13.3. The molecule has 0 radical (unpaired) electrons. The van der Waals surface area contributed by atoms with Crippen molar-refractivity contribution in [3.05, 3.63) is 17.8 Å². The summed E-state index contributed by atoms with van der Waals surface area (Å²) in [5, 5.41) is 18.8. The molecule has 0 amide bonds. The van der Waals surface area contributed by atoms with Gasteiger partial charge in [-0.1, -0.05) is 20.8 Å². The Morgan fingerprint density at radius 3 is 2.05 bits per heavy atom. The summed E-state index contributed by atoms with van der Waals surface area (Å²) in [6.07, 6.45) is 2.01. The lowest BCUT2D eigenvalue weighted by atomic mass is 9.83. The number of aromatic nitrogens is 2. The Morgan fingerprint density at radius 2 is 1.65 bits per heavy atom. The van der Waals surface area contributed by atoms with Crippen LogP contribution in [-0.4, -0.2) is 34.0 Å². The van der Waals surface area contributed by atoms with Gasteiger partial charge in [0.15, 0.2) is 5.82 Å². The van der Waals surface area contributed by atoms with Crippen molar-refractivity contribution in [1.82, 2.24) is 10.2 Å². The second-order valence-electron chi connectivity index (χ2n) is 7.44. The van der Waals surface area contributed by atoms with Gasteiger partial charge in [-0.3, -0.25) is 0 Å². The van der Waals surface area contributed by atoms with Crippen LogP contribution in [0.3, 0.4) is 0 Å². The maximum Gasteiger partial charge on any atom is 0.151 e. The summed E-state index contributed by atoms with van der Waals surface area (Å²) in [4.78, 5) is 2.27. The van der Waals surface area contributed by atoms with Crippen LogP contribution in [0.25, 0.3) is 0 Å². The monoisotopic (exact) mass is 277 g/mol. The lowest BCUT2D eigenvalue weighted by Gasteiger charge is -2.38. The highest BCUT2D eigenvalue weighted by Gasteiger charge is 2.31. The first-order valence-corrected chi connectivity index (χ1v) is 7.49. The second-order valence-corrected chi connectivity index (χ2v) is 7.44. The average Bonchev–Trinajstić information content (AvgIpc) is 2.37. The highest BCUT2D eigenvalue weighted by atomic mass is 16.3. The maximum atomic E-state index is 10.1. The van der Waals surface area contributed by atoms with Gasteiger partial charge in [-0.15, -0.1) is 5.10 Å². The largest absolute Gasteiger partial charge is 0.390 e. The van der Waals surface area contributed by atoms with Crippen LogP contribution in [0.15, 0.2) is 12.1 Å². The standard InChI is InChI=1S/C16H27N3O/c1-15(2,3)13-6-7-14(18-17-13)19-10-8-12(9-11-19)16(4,5)20/h6-7,12,20H,8-11H2,1-5H3. The number of piperidine rings is 1. The minimum Gasteiger partial charge on any atom is -0.390 e. The third-order valence-corrected chi connectivity index (χ3v) is 4.24. The Labute approximate surface area is 122 Å². The minimum absolute atomic E-state index is 0.0411. The fourth-order valence-electron chi connectivity index (χ4n) is 2.71. The van der Waals surface area contributed by atoms with Crippen LogP contribution in [0.2, 0.25) is 0 Å². The first-order valence-electron chi connectivity index (χ1n) is 7.49. The lowest BCUT2D eigenvalue weighted by molar-refractivity contribution is 0.00645. The molecule has 1 aliphatic heterocycles. The predicted octanol–water partition coefficient (Wildman–Crippen LogP) is 2.76. The molecule has 1 aromatic heterocycles. The molecule has 1 aromatic rings. The molecule has 1 aliphatic rings. The van der Waals surface area contributed by atoms with Gasteiger partial charge in [0.05, 0.1) is 11.3 Å². The van der Waals surface area contributed by atoms with E-state index in [1.54, 1.807) is 0 Å². The molecule has 1 saturated heterocycles. The summed E-state index contributed by atoms with van der Waals surface area (Å²) in [7, 11) is 0. The van der Waals surface area contributed by atoms with Crippen LogP contribution in [0.5, 0.6) is 0 Å². The average molecular weight is 277 g/mol. The normalized spacial score (nSPS) is 18.4. The fraction of sp³-hybridized carbons (Fsp3) is 0.750. The lowest BCUT2D eigenvalue weighted by Crippen LogP contribution is -2.42. The van der Waals surface area contributed by atoms with E-state index in [1.807, 2.05) is 13.8 Å². The molecular formula is C16H27N3O. The van der Waals surface area contributed by atoms with Gasteiger partial charge in [0.2, 0.25) is 0 Å². The Bertz CT molecular complexity index is 434. The molecule has 0 aliphatic carbocycles. The Morgan fingerprint density at radius 1 is 1.05 bits per heavy atom. The van der Waals surface area contributed by atoms with Gasteiger partial charge in [0.1, 0.15) is 0 Å². The smallest absolute Gasteiger partial charge is 0.151 e. The van der Waals surface area contributed by atoms with Crippen molar-refractivity contribution >= 4 is 5.82 Å². The van der Waals surface area contributed by atoms with E-state index in [-0.39, 0.29) is 5.41 Å². The molecule has 1 fully saturated rings. The Balaban J connectivity index is 2.01. The van der Waals surface area contributed by atoms with Crippen LogP contribution in [0, 0.1) is 5.92 Å². The molecule has 112 valence electrons. The Hall–Kier alpha value is -1.16. The van der Waals surface area contributed by atoms with Gasteiger partial charge in [0, 0.05) is 18.5 Å². The van der Waals surface area contributed by atoms with Crippen LogP contribution in [0.1, 0.15) is 53.2 Å². The number of hydrogen-bond acceptors (Lipinski definition) is 4. The minimum atomic E-state index is -0.576. The highest BCUT2D eigenvalue weighted by Crippen LogP contribution is 2.29. The van der Waals surface area contributed by atoms with Crippen LogP contribution < -0.4 is 4.90 Å². The highest BCUT2D eigenvalue weighted by molar-refractivity contribution is 5.38. The first-order chi connectivity index (χ1) is 9.18. The molecule has 0 atom stereocenters. The molecule has 2 heterocycles. The number of aliphatic hydroxyl groups is 1. The summed E-state index contributed by atoms with van der Waals surface area (Å²) in [5.41, 5.74) is 0.487. The zero-order valence-corrected chi connectivity index (χ0v) is 13.3. The van der Waals surface area contributed by atoms with Crippen molar-refractivity contribution in [2.45, 2.75) is 58.5 Å². The van der Waals surface area contributed by atoms with Crippen LogP contribution in [-0.2, 0) is 5.41 Å². The summed E-state index contributed by atoms with van der Waals surface area (Å²) in [6, 6.07) is 4.14. The van der Waals surface area contributed by atoms with Crippen LogP contribution in [0.4, 0.5) is 5.82 Å². The van der Waals surface area contributed by atoms with Crippen molar-refractivity contribution in [2.75, 3.05) is 18.0 Å². The van der Waals surface area contributed by atoms with E-state index in [2.05, 4.69) is 48.0 Å². The molecule has 0 aromatic carbocycles. The molecule has 0 saturated carbocycles. The SMILES string of the molecule is CC(C)(C)c1ccc(N2CCC(C(C)(C)O)CC2)nn1. The number of anilines is 1. The third-order valence-electron chi connectivity index (χ3n) is 4.24. The molecule has 4 nitrogen and oxygen atoms in total. The van der Waals surface area contributed by atoms with Crippen LogP contribution >= 0.6 is 0 Å². The number of rotatable bonds is 2. The first kappa shape index (κ1) is 15.2. The van der Waals surface area contributed by atoms with E-state index in [1.165, 1.54) is 0 Å². The van der Waals surface area contributed by atoms with Crippen molar-refractivity contribution in [3.8, 4) is 0 Å². The quantitative estimate of drug-likeness (QED) is 0.903. The van der Waals surface area contributed by atoms with E-state index >= 15 is 0 Å². The molecule has 0 bridgehead atoms. The van der Waals surface area contributed by atoms with Gasteiger partial charge in [-0.25, -0.2) is 0 Å². The number of hydrogen-bond donors (Lipinski definition) is 1. The molecular weight excluding hydrogens is 250 g/mol.